The molecule has 134 valence electrons. The fraction of sp³-hybridized carbons (Fsp3) is 0.824. The zero-order valence-corrected chi connectivity index (χ0v) is 15.1. The molecule has 1 unspecified atom stereocenters. The van der Waals surface area contributed by atoms with E-state index < -0.39 is 0 Å². The molecule has 0 N–H and O–H groups in total. The van der Waals surface area contributed by atoms with Gasteiger partial charge in [0.2, 0.25) is 5.91 Å². The predicted octanol–water partition coefficient (Wildman–Crippen LogP) is 0.973. The number of carbonyl (C=O) groups is 1. The molecule has 2 heterocycles. The summed E-state index contributed by atoms with van der Waals surface area (Å²) in [6.07, 6.45) is 5.05. The molecule has 0 radical (unpaired) electrons. The minimum absolute atomic E-state index is 0.198. The van der Waals surface area contributed by atoms with Gasteiger partial charge in [0.05, 0.1) is 32.3 Å². The highest BCUT2D eigenvalue weighted by Crippen LogP contribution is 2.32. The molecule has 1 amide bonds. The normalized spacial score (nSPS) is 22.0. The zero-order chi connectivity index (χ0) is 17.1. The van der Waals surface area contributed by atoms with Crippen LogP contribution in [0.15, 0.2) is 0 Å². The lowest BCUT2D eigenvalue weighted by Crippen LogP contribution is -2.52. The highest BCUT2D eigenvalue weighted by molar-refractivity contribution is 5.78. The molecular formula is C17H29N5O2. The molecule has 1 aromatic heterocycles. The van der Waals surface area contributed by atoms with Crippen LogP contribution in [-0.2, 0) is 23.1 Å². The van der Waals surface area contributed by atoms with Crippen molar-refractivity contribution in [2.75, 3.05) is 33.4 Å². The highest BCUT2D eigenvalue weighted by atomic mass is 16.5. The predicted molar refractivity (Wildman–Crippen MR) is 90.4 cm³/mol. The monoisotopic (exact) mass is 335 g/mol. The molecule has 2 fully saturated rings. The molecule has 1 aliphatic carbocycles. The molecule has 1 saturated carbocycles. The molecule has 0 bridgehead atoms. The molecule has 0 spiro atoms. The Balaban J connectivity index is 1.54. The Morgan fingerprint density at radius 1 is 1.38 bits per heavy atom. The summed E-state index contributed by atoms with van der Waals surface area (Å²) < 4.78 is 7.59. The Morgan fingerprint density at radius 2 is 2.17 bits per heavy atom. The van der Waals surface area contributed by atoms with Gasteiger partial charge in [0.25, 0.3) is 0 Å². The quantitative estimate of drug-likeness (QED) is 0.775. The van der Waals surface area contributed by atoms with Gasteiger partial charge < -0.3 is 14.2 Å². The Bertz CT molecular complexity index is 569. The van der Waals surface area contributed by atoms with Crippen LogP contribution in [-0.4, -0.2) is 69.9 Å². The summed E-state index contributed by atoms with van der Waals surface area (Å²) in [4.78, 5) is 16.8. The van der Waals surface area contributed by atoms with E-state index in [4.69, 9.17) is 4.74 Å². The maximum Gasteiger partial charge on any atom is 0.237 e. The first-order valence-electron chi connectivity index (χ1n) is 8.95. The van der Waals surface area contributed by atoms with E-state index in [0.717, 1.165) is 24.0 Å². The van der Waals surface area contributed by atoms with Gasteiger partial charge in [-0.25, -0.2) is 0 Å². The molecule has 1 saturated heterocycles. The summed E-state index contributed by atoms with van der Waals surface area (Å²) >= 11 is 0. The first kappa shape index (κ1) is 17.4. The third-order valence-electron chi connectivity index (χ3n) is 5.38. The van der Waals surface area contributed by atoms with Gasteiger partial charge in [-0.2, -0.15) is 0 Å². The van der Waals surface area contributed by atoms with E-state index in [1.54, 1.807) is 0 Å². The number of hydrogen-bond acceptors (Lipinski definition) is 5. The first-order chi connectivity index (χ1) is 11.5. The Kier molecular flexibility index (Phi) is 5.50. The van der Waals surface area contributed by atoms with Crippen molar-refractivity contribution in [1.29, 1.82) is 0 Å². The van der Waals surface area contributed by atoms with Gasteiger partial charge >= 0.3 is 0 Å². The van der Waals surface area contributed by atoms with E-state index in [-0.39, 0.29) is 11.9 Å². The molecular weight excluding hydrogens is 306 g/mol. The molecule has 7 nitrogen and oxygen atoms in total. The van der Waals surface area contributed by atoms with Crippen LogP contribution in [0.5, 0.6) is 0 Å². The summed E-state index contributed by atoms with van der Waals surface area (Å²) in [5, 5.41) is 8.25. The average Bonchev–Trinajstić information content (AvgIpc) is 2.83. The summed E-state index contributed by atoms with van der Waals surface area (Å²) in [6.45, 7) is 5.02. The number of hydrogen-bond donors (Lipinski definition) is 0. The summed E-state index contributed by atoms with van der Waals surface area (Å²) in [5.74, 6) is 2.75. The van der Waals surface area contributed by atoms with Crippen molar-refractivity contribution in [3.63, 3.8) is 0 Å². The molecule has 7 heteroatoms. The molecule has 1 atom stereocenters. The number of nitrogens with zero attached hydrogens (tertiary/aromatic N) is 5. The lowest BCUT2D eigenvalue weighted by atomic mass is 9.80. The zero-order valence-electron chi connectivity index (χ0n) is 15.1. The number of likely N-dealkylation sites (N-methyl/N-ethyl adjacent to an activating group) is 1. The minimum atomic E-state index is 0.198. The summed E-state index contributed by atoms with van der Waals surface area (Å²) in [6, 6.07) is 0.252. The topological polar surface area (TPSA) is 63.5 Å². The van der Waals surface area contributed by atoms with Gasteiger partial charge in [-0.05, 0) is 26.3 Å². The lowest BCUT2D eigenvalue weighted by molar-refractivity contribution is -0.141. The molecule has 0 aromatic carbocycles. The van der Waals surface area contributed by atoms with E-state index in [9.17, 15) is 4.79 Å². The van der Waals surface area contributed by atoms with Crippen molar-refractivity contribution in [2.45, 2.75) is 45.2 Å². The van der Waals surface area contributed by atoms with Gasteiger partial charge in [0, 0.05) is 13.6 Å². The van der Waals surface area contributed by atoms with Crippen molar-refractivity contribution in [1.82, 2.24) is 24.6 Å². The molecule has 1 aliphatic heterocycles. The average molecular weight is 335 g/mol. The van der Waals surface area contributed by atoms with E-state index in [1.165, 1.54) is 19.3 Å². The van der Waals surface area contributed by atoms with Crippen LogP contribution in [0.25, 0.3) is 0 Å². The Morgan fingerprint density at radius 3 is 2.79 bits per heavy atom. The summed E-state index contributed by atoms with van der Waals surface area (Å²) in [7, 11) is 3.92. The molecule has 24 heavy (non-hydrogen) atoms. The van der Waals surface area contributed by atoms with Crippen molar-refractivity contribution in [3.05, 3.63) is 11.6 Å². The maximum atomic E-state index is 12.8. The van der Waals surface area contributed by atoms with Crippen molar-refractivity contribution in [2.24, 2.45) is 13.0 Å². The van der Waals surface area contributed by atoms with E-state index in [0.29, 0.717) is 32.8 Å². The van der Waals surface area contributed by atoms with Crippen LogP contribution in [0.2, 0.25) is 0 Å². The maximum absolute atomic E-state index is 12.8. The van der Waals surface area contributed by atoms with Gasteiger partial charge in [-0.15, -0.1) is 10.2 Å². The van der Waals surface area contributed by atoms with Crippen molar-refractivity contribution in [3.8, 4) is 0 Å². The fourth-order valence-corrected chi connectivity index (χ4v) is 3.50. The van der Waals surface area contributed by atoms with Gasteiger partial charge in [0.15, 0.2) is 0 Å². The molecule has 2 aliphatic rings. The number of rotatable bonds is 6. The van der Waals surface area contributed by atoms with Gasteiger partial charge in [-0.1, -0.05) is 19.3 Å². The highest BCUT2D eigenvalue weighted by Gasteiger charge is 2.31. The standard InChI is InChI=1S/C17H29N5O2/c1-13-18-19-16(21(13)3)10-20(2)11-17(23)22-7-8-24-12-15(22)9-14-5-4-6-14/h14-15H,4-12H2,1-3H3. The van der Waals surface area contributed by atoms with Crippen molar-refractivity contribution < 1.29 is 9.53 Å². The lowest BCUT2D eigenvalue weighted by Gasteiger charge is -2.40. The number of aryl methyl sites for hydroxylation is 1. The number of ether oxygens (including phenoxy) is 1. The van der Waals surface area contributed by atoms with Crippen LogP contribution in [0.4, 0.5) is 0 Å². The van der Waals surface area contributed by atoms with Crippen LogP contribution in [0, 0.1) is 12.8 Å². The molecule has 1 aromatic rings. The van der Waals surface area contributed by atoms with Crippen molar-refractivity contribution >= 4 is 5.91 Å². The Labute approximate surface area is 144 Å². The third kappa shape index (κ3) is 3.95. The minimum Gasteiger partial charge on any atom is -0.377 e. The van der Waals surface area contributed by atoms with Crippen LogP contribution < -0.4 is 0 Å². The van der Waals surface area contributed by atoms with Gasteiger partial charge in [0.1, 0.15) is 11.6 Å². The van der Waals surface area contributed by atoms with Crippen LogP contribution in [0.1, 0.15) is 37.3 Å². The first-order valence-corrected chi connectivity index (χ1v) is 8.95. The van der Waals surface area contributed by atoms with Crippen LogP contribution >= 0.6 is 0 Å². The largest absolute Gasteiger partial charge is 0.377 e. The van der Waals surface area contributed by atoms with Crippen LogP contribution in [0.3, 0.4) is 0 Å². The SMILES string of the molecule is Cc1nnc(CN(C)CC(=O)N2CCOCC2CC2CCC2)n1C. The Hall–Kier alpha value is -1.47. The number of carbonyl (C=O) groups excluding carboxylic acids is 1. The van der Waals surface area contributed by atoms with Gasteiger partial charge in [-0.3, -0.25) is 9.69 Å². The third-order valence-corrected chi connectivity index (χ3v) is 5.38. The molecule has 3 rings (SSSR count). The van der Waals surface area contributed by atoms with E-state index in [2.05, 4.69) is 10.2 Å². The van der Waals surface area contributed by atoms with E-state index in [1.807, 2.05) is 35.4 Å². The number of aromatic nitrogens is 3. The number of amides is 1. The second-order valence-corrected chi connectivity index (χ2v) is 7.24. The smallest absolute Gasteiger partial charge is 0.237 e. The fourth-order valence-electron chi connectivity index (χ4n) is 3.50. The van der Waals surface area contributed by atoms with E-state index >= 15 is 0 Å². The second kappa shape index (κ2) is 7.61. The number of morpholine rings is 1. The summed E-state index contributed by atoms with van der Waals surface area (Å²) in [5.41, 5.74) is 0. The second-order valence-electron chi connectivity index (χ2n) is 7.24.